The van der Waals surface area contributed by atoms with Gasteiger partial charge in [0.15, 0.2) is 0 Å². The number of esters is 2. The summed E-state index contributed by atoms with van der Waals surface area (Å²) in [7, 11) is 0. The molecule has 5 heteroatoms. The Balaban J connectivity index is 2.39. The first kappa shape index (κ1) is 18.5. The van der Waals surface area contributed by atoms with Crippen molar-refractivity contribution < 1.29 is 24.2 Å². The zero-order valence-corrected chi connectivity index (χ0v) is 14.6. The fourth-order valence-corrected chi connectivity index (χ4v) is 3.29. The normalized spacial score (nSPS) is 34.9. The lowest BCUT2D eigenvalue weighted by Gasteiger charge is -2.29. The van der Waals surface area contributed by atoms with E-state index in [4.69, 9.17) is 9.47 Å². The molecule has 1 saturated heterocycles. The molecular weight excluding hydrogens is 308 g/mol. The lowest BCUT2D eigenvalue weighted by atomic mass is 9.82. The maximum absolute atomic E-state index is 12.1. The standard InChI is InChI=1S/C19H26O5/c1-11(2)18(21)23-15-8-12(3)6-5-7-14(10-20)9-16-17(15)13(4)19(22)24-16/h6,9,13,15-17,20H,1,5,7-8,10H2,2-4H3/b12-6-,14-9+/t13-,15-,16+,17+/m0/s1. The quantitative estimate of drug-likeness (QED) is 0.488. The highest BCUT2D eigenvalue weighted by Crippen LogP contribution is 2.37. The van der Waals surface area contributed by atoms with Gasteiger partial charge in [-0.15, -0.1) is 0 Å². The third-order valence-corrected chi connectivity index (χ3v) is 4.70. The molecule has 4 atom stereocenters. The number of aliphatic hydroxyl groups is 1. The number of carbonyl (C=O) groups is 2. The molecule has 132 valence electrons. The molecule has 0 amide bonds. The molecule has 0 aromatic carbocycles. The third kappa shape index (κ3) is 4.15. The highest BCUT2D eigenvalue weighted by atomic mass is 16.6. The highest BCUT2D eigenvalue weighted by molar-refractivity contribution is 5.87. The first-order valence-electron chi connectivity index (χ1n) is 8.36. The van der Waals surface area contributed by atoms with Crippen molar-refractivity contribution >= 4 is 11.9 Å². The van der Waals surface area contributed by atoms with Crippen molar-refractivity contribution in [3.05, 3.63) is 35.5 Å². The number of ether oxygens (including phenoxy) is 2. The van der Waals surface area contributed by atoms with E-state index in [1.54, 1.807) is 13.8 Å². The molecule has 0 aromatic rings. The molecule has 0 aromatic heterocycles. The van der Waals surface area contributed by atoms with E-state index in [2.05, 4.69) is 12.7 Å². The van der Waals surface area contributed by atoms with E-state index in [9.17, 15) is 14.7 Å². The Kier molecular flexibility index (Phi) is 5.99. The summed E-state index contributed by atoms with van der Waals surface area (Å²) in [6, 6.07) is 0. The second-order valence-electron chi connectivity index (χ2n) is 6.77. The molecule has 24 heavy (non-hydrogen) atoms. The van der Waals surface area contributed by atoms with E-state index in [1.807, 2.05) is 13.0 Å². The minimum absolute atomic E-state index is 0.0712. The number of hydrogen-bond donors (Lipinski definition) is 1. The van der Waals surface area contributed by atoms with Crippen LogP contribution in [0.3, 0.4) is 0 Å². The summed E-state index contributed by atoms with van der Waals surface area (Å²) >= 11 is 0. The summed E-state index contributed by atoms with van der Waals surface area (Å²) in [6.07, 6.45) is 5.04. The van der Waals surface area contributed by atoms with Gasteiger partial charge in [0, 0.05) is 12.0 Å². The largest absolute Gasteiger partial charge is 0.458 e. The third-order valence-electron chi connectivity index (χ3n) is 4.70. The average Bonchev–Trinajstić information content (AvgIpc) is 2.79. The van der Waals surface area contributed by atoms with Crippen LogP contribution in [0.15, 0.2) is 35.5 Å². The number of rotatable bonds is 3. The lowest BCUT2D eigenvalue weighted by Crippen LogP contribution is -2.36. The molecule has 0 radical (unpaired) electrons. The Morgan fingerprint density at radius 2 is 2.21 bits per heavy atom. The van der Waals surface area contributed by atoms with Crippen LogP contribution in [0.4, 0.5) is 0 Å². The van der Waals surface area contributed by atoms with Gasteiger partial charge in [-0.25, -0.2) is 4.79 Å². The molecule has 0 spiro atoms. The van der Waals surface area contributed by atoms with Gasteiger partial charge in [0.1, 0.15) is 12.2 Å². The average molecular weight is 334 g/mol. The van der Waals surface area contributed by atoms with E-state index in [-0.39, 0.29) is 24.4 Å². The summed E-state index contributed by atoms with van der Waals surface area (Å²) in [4.78, 5) is 24.1. The summed E-state index contributed by atoms with van der Waals surface area (Å²) in [5.74, 6) is -1.40. The molecule has 2 aliphatic rings. The van der Waals surface area contributed by atoms with Crippen molar-refractivity contribution in [1.82, 2.24) is 0 Å². The van der Waals surface area contributed by atoms with E-state index in [0.717, 1.165) is 24.0 Å². The molecular formula is C19H26O5. The van der Waals surface area contributed by atoms with Crippen LogP contribution in [0.2, 0.25) is 0 Å². The fraction of sp³-hybridized carbons (Fsp3) is 0.579. The SMILES string of the molecule is C=C(C)C(=O)O[C@H]1C/C(C)=C\CC/C(CO)=C\[C@H]2OC(=O)[C@@H](C)[C@H]12. The van der Waals surface area contributed by atoms with Crippen LogP contribution in [0.5, 0.6) is 0 Å². The van der Waals surface area contributed by atoms with E-state index in [1.165, 1.54) is 0 Å². The number of carbonyl (C=O) groups excluding carboxylic acids is 2. The predicted octanol–water partition coefficient (Wildman–Crippen LogP) is 2.70. The molecule has 1 aliphatic heterocycles. The Morgan fingerprint density at radius 3 is 2.83 bits per heavy atom. The Hall–Kier alpha value is -1.88. The van der Waals surface area contributed by atoms with Crippen LogP contribution in [-0.4, -0.2) is 35.9 Å². The van der Waals surface area contributed by atoms with Crippen LogP contribution in [0.1, 0.15) is 40.0 Å². The van der Waals surface area contributed by atoms with Crippen LogP contribution >= 0.6 is 0 Å². The maximum atomic E-state index is 12.1. The van der Waals surface area contributed by atoms with Crippen LogP contribution in [0.25, 0.3) is 0 Å². The maximum Gasteiger partial charge on any atom is 0.333 e. The monoisotopic (exact) mass is 334 g/mol. The second kappa shape index (κ2) is 7.79. The Morgan fingerprint density at radius 1 is 1.50 bits per heavy atom. The summed E-state index contributed by atoms with van der Waals surface area (Å²) < 4.78 is 11.1. The van der Waals surface area contributed by atoms with Gasteiger partial charge in [0.2, 0.25) is 0 Å². The van der Waals surface area contributed by atoms with E-state index < -0.39 is 18.2 Å². The Labute approximate surface area is 143 Å². The van der Waals surface area contributed by atoms with Crippen molar-refractivity contribution in [2.75, 3.05) is 6.61 Å². The zero-order valence-electron chi connectivity index (χ0n) is 14.6. The number of fused-ring (bicyclic) bond motifs is 1. The smallest absolute Gasteiger partial charge is 0.333 e. The lowest BCUT2D eigenvalue weighted by molar-refractivity contribution is -0.148. The van der Waals surface area contributed by atoms with Crippen LogP contribution < -0.4 is 0 Å². The van der Waals surface area contributed by atoms with E-state index in [0.29, 0.717) is 12.0 Å². The van der Waals surface area contributed by atoms with Gasteiger partial charge in [0.25, 0.3) is 0 Å². The number of allylic oxidation sites excluding steroid dienone is 1. The summed E-state index contributed by atoms with van der Waals surface area (Å²) in [5.41, 5.74) is 2.26. The van der Waals surface area contributed by atoms with Gasteiger partial charge >= 0.3 is 11.9 Å². The van der Waals surface area contributed by atoms with Gasteiger partial charge in [-0.2, -0.15) is 0 Å². The minimum atomic E-state index is -0.483. The first-order valence-corrected chi connectivity index (χ1v) is 8.36. The summed E-state index contributed by atoms with van der Waals surface area (Å²) in [6.45, 7) is 8.95. The predicted molar refractivity (Wildman–Crippen MR) is 90.0 cm³/mol. The summed E-state index contributed by atoms with van der Waals surface area (Å²) in [5, 5.41) is 9.55. The van der Waals surface area contributed by atoms with Crippen molar-refractivity contribution in [3.63, 3.8) is 0 Å². The molecule has 0 bridgehead atoms. The first-order chi connectivity index (χ1) is 11.3. The van der Waals surface area contributed by atoms with Gasteiger partial charge in [-0.3, -0.25) is 4.79 Å². The zero-order chi connectivity index (χ0) is 17.9. The number of hydrogen-bond acceptors (Lipinski definition) is 5. The molecule has 0 unspecified atom stereocenters. The second-order valence-corrected chi connectivity index (χ2v) is 6.77. The van der Waals surface area contributed by atoms with Crippen molar-refractivity contribution in [1.29, 1.82) is 0 Å². The van der Waals surface area contributed by atoms with Gasteiger partial charge < -0.3 is 14.6 Å². The number of aliphatic hydroxyl groups excluding tert-OH is 1. The molecule has 2 rings (SSSR count). The molecule has 0 saturated carbocycles. The van der Waals surface area contributed by atoms with Crippen LogP contribution in [-0.2, 0) is 19.1 Å². The van der Waals surface area contributed by atoms with E-state index >= 15 is 0 Å². The molecule has 5 nitrogen and oxygen atoms in total. The minimum Gasteiger partial charge on any atom is -0.458 e. The van der Waals surface area contributed by atoms with Crippen molar-refractivity contribution in [2.24, 2.45) is 11.8 Å². The Bertz CT molecular complexity index is 587. The van der Waals surface area contributed by atoms with Crippen molar-refractivity contribution in [3.8, 4) is 0 Å². The van der Waals surface area contributed by atoms with Gasteiger partial charge in [-0.1, -0.05) is 25.2 Å². The molecule has 1 N–H and O–H groups in total. The topological polar surface area (TPSA) is 72.8 Å². The van der Waals surface area contributed by atoms with Crippen molar-refractivity contribution in [2.45, 2.75) is 52.2 Å². The van der Waals surface area contributed by atoms with Gasteiger partial charge in [0.05, 0.1) is 18.4 Å². The van der Waals surface area contributed by atoms with Gasteiger partial charge in [-0.05, 0) is 38.3 Å². The molecule has 1 heterocycles. The molecule has 1 aliphatic carbocycles. The fourth-order valence-electron chi connectivity index (χ4n) is 3.29. The van der Waals surface area contributed by atoms with Crippen LogP contribution in [0, 0.1) is 11.8 Å². The molecule has 1 fully saturated rings. The highest BCUT2D eigenvalue weighted by Gasteiger charge is 2.47.